The van der Waals surface area contributed by atoms with Gasteiger partial charge in [-0.25, -0.2) is 0 Å². The molecule has 0 spiro atoms. The molecular weight excluding hydrogens is 358 g/mol. The molecule has 2 aromatic heterocycles. The fraction of sp³-hybridized carbons (Fsp3) is 0.381. The van der Waals surface area contributed by atoms with Crippen LogP contribution in [0.5, 0.6) is 0 Å². The Balaban J connectivity index is 1.44. The maximum atomic E-state index is 6.22. The van der Waals surface area contributed by atoms with Gasteiger partial charge >= 0.3 is 0 Å². The first-order valence-electron chi connectivity index (χ1n) is 9.64. The van der Waals surface area contributed by atoms with Gasteiger partial charge in [0.05, 0.1) is 12.2 Å². The highest BCUT2D eigenvalue weighted by Crippen LogP contribution is 2.40. The first-order chi connectivity index (χ1) is 13.3. The fourth-order valence-electron chi connectivity index (χ4n) is 4.46. The predicted octanol–water partition coefficient (Wildman–Crippen LogP) is 4.36. The van der Waals surface area contributed by atoms with Gasteiger partial charge in [-0.1, -0.05) is 17.7 Å². The lowest BCUT2D eigenvalue weighted by Gasteiger charge is -2.28. The Hall–Kier alpha value is -2.24. The van der Waals surface area contributed by atoms with Crippen LogP contribution in [0.15, 0.2) is 42.6 Å². The molecule has 5 rings (SSSR count). The lowest BCUT2D eigenvalue weighted by molar-refractivity contribution is 0.377. The van der Waals surface area contributed by atoms with Gasteiger partial charge in [0.15, 0.2) is 5.82 Å². The lowest BCUT2D eigenvalue weighted by atomic mass is 9.80. The summed E-state index contributed by atoms with van der Waals surface area (Å²) < 4.78 is 2.26. The van der Waals surface area contributed by atoms with Crippen molar-refractivity contribution in [1.82, 2.24) is 25.1 Å². The topological polar surface area (TPSA) is 55.6 Å². The van der Waals surface area contributed by atoms with Crippen LogP contribution in [-0.2, 0) is 13.1 Å². The van der Waals surface area contributed by atoms with Crippen molar-refractivity contribution in [3.05, 3.63) is 70.5 Å². The third-order valence-corrected chi connectivity index (χ3v) is 6.07. The molecule has 1 saturated carbocycles. The molecule has 27 heavy (non-hydrogen) atoms. The molecule has 1 fully saturated rings. The third kappa shape index (κ3) is 3.15. The third-order valence-electron chi connectivity index (χ3n) is 5.83. The molecule has 5 nitrogen and oxygen atoms in total. The van der Waals surface area contributed by atoms with Crippen molar-refractivity contribution in [2.75, 3.05) is 0 Å². The van der Waals surface area contributed by atoms with Crippen LogP contribution in [0.25, 0.3) is 5.69 Å². The Labute approximate surface area is 163 Å². The molecule has 0 amide bonds. The molecule has 2 aliphatic rings. The zero-order chi connectivity index (χ0) is 18.2. The average Bonchev–Trinajstić information content (AvgIpc) is 3.04. The molecule has 1 aromatic carbocycles. The Kier molecular flexibility index (Phi) is 4.42. The maximum absolute atomic E-state index is 6.22. The fourth-order valence-corrected chi connectivity index (χ4v) is 4.65. The summed E-state index contributed by atoms with van der Waals surface area (Å²) >= 11 is 6.22. The van der Waals surface area contributed by atoms with Crippen LogP contribution in [0.3, 0.4) is 0 Å². The standard InChI is InChI=1S/C21H22ClN5/c22-17-8-9-19-16(11-17)12-23-13-20-25-26-21(27(19)20)15-6-4-14(5-7-15)18-3-1-2-10-24-18/h1-3,8-11,14-15,23H,4-7,12-13H2/t14-,15-. The summed E-state index contributed by atoms with van der Waals surface area (Å²) in [5.74, 6) is 3.07. The number of halogens is 1. The van der Waals surface area contributed by atoms with Crippen LogP contribution in [0.2, 0.25) is 5.02 Å². The van der Waals surface area contributed by atoms with E-state index in [0.29, 0.717) is 11.8 Å². The molecule has 0 radical (unpaired) electrons. The molecule has 1 aliphatic heterocycles. The SMILES string of the molecule is Clc1ccc2c(c1)CNCc1nnc([C@H]3CC[C@H](c4ccccn4)CC3)n1-2. The molecule has 3 heterocycles. The molecule has 1 aliphatic carbocycles. The minimum Gasteiger partial charge on any atom is -0.306 e. The molecule has 0 atom stereocenters. The Morgan fingerprint density at radius 2 is 1.81 bits per heavy atom. The van der Waals surface area contributed by atoms with Crippen molar-refractivity contribution in [2.45, 2.75) is 50.6 Å². The highest BCUT2D eigenvalue weighted by molar-refractivity contribution is 6.30. The van der Waals surface area contributed by atoms with Crippen LogP contribution in [0, 0.1) is 0 Å². The van der Waals surface area contributed by atoms with E-state index < -0.39 is 0 Å². The van der Waals surface area contributed by atoms with Crippen molar-refractivity contribution < 1.29 is 0 Å². The number of aromatic nitrogens is 4. The highest BCUT2D eigenvalue weighted by Gasteiger charge is 2.30. The van der Waals surface area contributed by atoms with E-state index in [2.05, 4.69) is 43.3 Å². The highest BCUT2D eigenvalue weighted by atomic mass is 35.5. The van der Waals surface area contributed by atoms with Crippen LogP contribution < -0.4 is 5.32 Å². The normalized spacial score (nSPS) is 22.0. The molecule has 0 unspecified atom stereocenters. The van der Waals surface area contributed by atoms with E-state index in [4.69, 9.17) is 11.6 Å². The first-order valence-corrected chi connectivity index (χ1v) is 10.0. The van der Waals surface area contributed by atoms with E-state index in [1.54, 1.807) is 0 Å². The predicted molar refractivity (Wildman–Crippen MR) is 105 cm³/mol. The van der Waals surface area contributed by atoms with Crippen molar-refractivity contribution in [2.24, 2.45) is 0 Å². The molecular formula is C21H22ClN5. The van der Waals surface area contributed by atoms with E-state index >= 15 is 0 Å². The smallest absolute Gasteiger partial charge is 0.151 e. The summed E-state index contributed by atoms with van der Waals surface area (Å²) in [5, 5.41) is 13.3. The molecule has 0 saturated heterocycles. The molecule has 6 heteroatoms. The summed E-state index contributed by atoms with van der Waals surface area (Å²) in [7, 11) is 0. The van der Waals surface area contributed by atoms with Gasteiger partial charge in [0.2, 0.25) is 0 Å². The second-order valence-corrected chi connectivity index (χ2v) is 7.93. The minimum absolute atomic E-state index is 0.438. The number of rotatable bonds is 2. The van der Waals surface area contributed by atoms with Gasteiger partial charge in [-0.05, 0) is 61.6 Å². The van der Waals surface area contributed by atoms with Crippen molar-refractivity contribution in [3.8, 4) is 5.69 Å². The number of fused-ring (bicyclic) bond motifs is 3. The Bertz CT molecular complexity index is 944. The van der Waals surface area contributed by atoms with Gasteiger partial charge in [-0.2, -0.15) is 0 Å². The quantitative estimate of drug-likeness (QED) is 0.718. The second-order valence-electron chi connectivity index (χ2n) is 7.49. The van der Waals surface area contributed by atoms with Crippen LogP contribution in [-0.4, -0.2) is 19.7 Å². The van der Waals surface area contributed by atoms with Crippen molar-refractivity contribution in [1.29, 1.82) is 0 Å². The Morgan fingerprint density at radius 3 is 2.63 bits per heavy atom. The van der Waals surface area contributed by atoms with Gasteiger partial charge in [0.25, 0.3) is 0 Å². The first kappa shape index (κ1) is 16.9. The van der Waals surface area contributed by atoms with E-state index in [0.717, 1.165) is 61.1 Å². The second kappa shape index (κ2) is 7.06. The number of nitrogens with zero attached hydrogens (tertiary/aromatic N) is 4. The lowest BCUT2D eigenvalue weighted by Crippen LogP contribution is -2.17. The van der Waals surface area contributed by atoms with Crippen LogP contribution in [0.1, 0.15) is 60.4 Å². The number of hydrogen-bond donors (Lipinski definition) is 1. The molecule has 138 valence electrons. The summed E-state index contributed by atoms with van der Waals surface area (Å²) in [6.45, 7) is 1.52. The van der Waals surface area contributed by atoms with Crippen molar-refractivity contribution >= 4 is 11.6 Å². The summed E-state index contributed by atoms with van der Waals surface area (Å²) in [4.78, 5) is 4.56. The van der Waals surface area contributed by atoms with Gasteiger partial charge in [-0.15, -0.1) is 10.2 Å². The number of benzene rings is 1. The van der Waals surface area contributed by atoms with Crippen LogP contribution in [0.4, 0.5) is 0 Å². The molecule has 3 aromatic rings. The number of pyridine rings is 1. The minimum atomic E-state index is 0.438. The zero-order valence-corrected chi connectivity index (χ0v) is 15.9. The Morgan fingerprint density at radius 1 is 0.963 bits per heavy atom. The van der Waals surface area contributed by atoms with E-state index in [-0.39, 0.29) is 0 Å². The number of hydrogen-bond acceptors (Lipinski definition) is 4. The zero-order valence-electron chi connectivity index (χ0n) is 15.1. The monoisotopic (exact) mass is 379 g/mol. The number of nitrogens with one attached hydrogen (secondary N) is 1. The summed E-state index contributed by atoms with van der Waals surface area (Å²) in [6, 6.07) is 12.3. The molecule has 1 N–H and O–H groups in total. The van der Waals surface area contributed by atoms with Crippen molar-refractivity contribution in [3.63, 3.8) is 0 Å². The maximum Gasteiger partial charge on any atom is 0.151 e. The van der Waals surface area contributed by atoms with E-state index in [1.165, 1.54) is 11.3 Å². The van der Waals surface area contributed by atoms with Crippen LogP contribution >= 0.6 is 11.6 Å². The summed E-state index contributed by atoms with van der Waals surface area (Å²) in [5.41, 5.74) is 3.58. The van der Waals surface area contributed by atoms with Gasteiger partial charge in [0, 0.05) is 35.3 Å². The van der Waals surface area contributed by atoms with Gasteiger partial charge < -0.3 is 5.32 Å². The largest absolute Gasteiger partial charge is 0.306 e. The van der Waals surface area contributed by atoms with Gasteiger partial charge in [0.1, 0.15) is 5.82 Å². The summed E-state index contributed by atoms with van der Waals surface area (Å²) in [6.07, 6.45) is 6.44. The van der Waals surface area contributed by atoms with Gasteiger partial charge in [-0.3, -0.25) is 9.55 Å². The van der Waals surface area contributed by atoms with E-state index in [1.807, 2.05) is 24.4 Å². The molecule has 0 bridgehead atoms. The average molecular weight is 380 g/mol. The van der Waals surface area contributed by atoms with E-state index in [9.17, 15) is 0 Å².